The minimum atomic E-state index is -5.30. The van der Waals surface area contributed by atoms with Gasteiger partial charge >= 0.3 is 10.1 Å². The average Bonchev–Trinajstić information content (AvgIpc) is 2.18. The van der Waals surface area contributed by atoms with Crippen molar-refractivity contribution in [1.29, 1.82) is 0 Å². The van der Waals surface area contributed by atoms with E-state index in [1.165, 1.54) is 0 Å². The first-order valence-electron chi connectivity index (χ1n) is 4.16. The molecule has 1 saturated heterocycles. The molecular formula is C6H12O9S. The Labute approximate surface area is 90.3 Å². The van der Waals surface area contributed by atoms with Crippen molar-refractivity contribution in [3.05, 3.63) is 0 Å². The van der Waals surface area contributed by atoms with Crippen molar-refractivity contribution in [2.75, 3.05) is 6.61 Å². The summed E-state index contributed by atoms with van der Waals surface area (Å²) in [6.45, 7) is -0.823. The van der Waals surface area contributed by atoms with Crippen molar-refractivity contribution in [1.82, 2.24) is 0 Å². The zero-order chi connectivity index (χ0) is 12.7. The summed E-state index contributed by atoms with van der Waals surface area (Å²) in [6.07, 6.45) is -8.39. The fourth-order valence-corrected chi connectivity index (χ4v) is 2.12. The molecule has 5 atom stereocenters. The van der Waals surface area contributed by atoms with Gasteiger partial charge in [0.05, 0.1) is 6.61 Å². The summed E-state index contributed by atoms with van der Waals surface area (Å²) < 4.78 is 34.6. The molecule has 1 heterocycles. The highest BCUT2D eigenvalue weighted by Gasteiger charge is 2.62. The second-order valence-corrected chi connectivity index (χ2v) is 4.98. The van der Waals surface area contributed by atoms with Gasteiger partial charge in [0.25, 0.3) is 4.93 Å². The van der Waals surface area contributed by atoms with Gasteiger partial charge in [-0.2, -0.15) is 8.42 Å². The van der Waals surface area contributed by atoms with Crippen LogP contribution in [-0.4, -0.2) is 74.6 Å². The molecule has 1 aliphatic rings. The molecule has 16 heavy (non-hydrogen) atoms. The van der Waals surface area contributed by atoms with E-state index in [0.717, 1.165) is 0 Å². The number of hydrogen-bond acceptors (Lipinski definition) is 8. The second kappa shape index (κ2) is 4.16. The molecule has 1 aliphatic heterocycles. The van der Waals surface area contributed by atoms with Crippen molar-refractivity contribution in [3.63, 3.8) is 0 Å². The van der Waals surface area contributed by atoms with Crippen LogP contribution >= 0.6 is 0 Å². The fourth-order valence-electron chi connectivity index (χ4n) is 1.37. The minimum absolute atomic E-state index is 0.823. The third-order valence-corrected chi connectivity index (χ3v) is 3.65. The Morgan fingerprint density at radius 2 is 1.75 bits per heavy atom. The maximum absolute atomic E-state index is 10.8. The van der Waals surface area contributed by atoms with E-state index in [9.17, 15) is 23.7 Å². The Kier molecular flexibility index (Phi) is 3.57. The van der Waals surface area contributed by atoms with Crippen molar-refractivity contribution < 1.29 is 43.2 Å². The van der Waals surface area contributed by atoms with Gasteiger partial charge in [-0.05, 0) is 0 Å². The first kappa shape index (κ1) is 13.7. The first-order valence-corrected chi connectivity index (χ1v) is 5.60. The van der Waals surface area contributed by atoms with Gasteiger partial charge in [-0.1, -0.05) is 0 Å². The molecule has 0 amide bonds. The largest absolute Gasteiger partial charge is 0.394 e. The number of aliphatic hydroxyl groups is 5. The molecule has 10 heteroatoms. The predicted molar refractivity (Wildman–Crippen MR) is 46.5 cm³/mol. The van der Waals surface area contributed by atoms with Crippen molar-refractivity contribution in [3.8, 4) is 0 Å². The molecule has 0 aromatic heterocycles. The summed E-state index contributed by atoms with van der Waals surface area (Å²) in [5.74, 6) is 0. The predicted octanol–water partition coefficient (Wildman–Crippen LogP) is -4.01. The molecule has 0 aromatic rings. The summed E-state index contributed by atoms with van der Waals surface area (Å²) >= 11 is 0. The lowest BCUT2D eigenvalue weighted by atomic mass is 9.99. The Morgan fingerprint density at radius 1 is 1.25 bits per heavy atom. The van der Waals surface area contributed by atoms with Crippen LogP contribution in [0.5, 0.6) is 0 Å². The van der Waals surface area contributed by atoms with Gasteiger partial charge < -0.3 is 30.3 Å². The van der Waals surface area contributed by atoms with E-state index >= 15 is 0 Å². The van der Waals surface area contributed by atoms with Crippen LogP contribution in [0.3, 0.4) is 0 Å². The molecule has 96 valence electrons. The summed E-state index contributed by atoms with van der Waals surface area (Å²) in [5, 5.41) is 45.8. The van der Waals surface area contributed by atoms with Gasteiger partial charge in [0.2, 0.25) is 6.29 Å². The van der Waals surface area contributed by atoms with E-state index in [4.69, 9.17) is 14.8 Å². The van der Waals surface area contributed by atoms with Gasteiger partial charge in [0.15, 0.2) is 0 Å². The maximum Gasteiger partial charge on any atom is 0.303 e. The van der Waals surface area contributed by atoms with Gasteiger partial charge in [0.1, 0.15) is 18.3 Å². The lowest BCUT2D eigenvalue weighted by molar-refractivity contribution is -0.302. The standard InChI is InChI=1S/C6H12O9S/c7-1-2-3(8)4(9)6(11,5(10)15-2)16(12,13)14/h2-5,7-11H,1H2,(H,12,13,14)/t2-,3-,4+,5+,6+/m1/s1. The molecule has 6 N–H and O–H groups in total. The highest BCUT2D eigenvalue weighted by molar-refractivity contribution is 7.87. The minimum Gasteiger partial charge on any atom is -0.394 e. The van der Waals surface area contributed by atoms with Gasteiger partial charge in [-0.25, -0.2) is 0 Å². The van der Waals surface area contributed by atoms with E-state index in [-0.39, 0.29) is 0 Å². The number of ether oxygens (including phenoxy) is 1. The van der Waals surface area contributed by atoms with Gasteiger partial charge in [0, 0.05) is 0 Å². The molecule has 0 bridgehead atoms. The lowest BCUT2D eigenvalue weighted by Gasteiger charge is -2.43. The molecule has 9 nitrogen and oxygen atoms in total. The molecule has 1 fully saturated rings. The van der Waals surface area contributed by atoms with E-state index in [0.29, 0.717) is 0 Å². The number of rotatable bonds is 2. The van der Waals surface area contributed by atoms with Crippen LogP contribution in [0.2, 0.25) is 0 Å². The topological polar surface area (TPSA) is 165 Å². The zero-order valence-corrected chi connectivity index (χ0v) is 8.65. The molecule has 0 aliphatic carbocycles. The molecule has 0 spiro atoms. The lowest BCUT2D eigenvalue weighted by Crippen LogP contribution is -2.69. The molecule has 0 saturated carbocycles. The SMILES string of the molecule is O=S(=O)(O)[C@]1(O)[C@@H](O)O[C@H](CO)[C@@H](O)[C@@H]1O. The number of aliphatic hydroxyl groups excluding tert-OH is 4. The third-order valence-electron chi connectivity index (χ3n) is 2.38. The Bertz CT molecular complexity index is 353. The summed E-state index contributed by atoms with van der Waals surface area (Å²) in [6, 6.07) is 0. The van der Waals surface area contributed by atoms with Gasteiger partial charge in [-0.3, -0.25) is 4.55 Å². The van der Waals surface area contributed by atoms with Gasteiger partial charge in [-0.15, -0.1) is 0 Å². The fraction of sp³-hybridized carbons (Fsp3) is 1.00. The summed E-state index contributed by atoms with van der Waals surface area (Å²) in [5.41, 5.74) is 0. The van der Waals surface area contributed by atoms with Crippen LogP contribution in [0.25, 0.3) is 0 Å². The Morgan fingerprint density at radius 3 is 2.12 bits per heavy atom. The quantitative estimate of drug-likeness (QED) is 0.271. The van der Waals surface area contributed by atoms with Crippen LogP contribution in [0.1, 0.15) is 0 Å². The normalized spacial score (nSPS) is 45.6. The van der Waals surface area contributed by atoms with E-state index in [2.05, 4.69) is 4.74 Å². The van der Waals surface area contributed by atoms with Crippen molar-refractivity contribution in [2.45, 2.75) is 29.5 Å². The second-order valence-electron chi connectivity index (χ2n) is 3.37. The first-order chi connectivity index (χ1) is 7.16. The molecule has 0 radical (unpaired) electrons. The Hall–Kier alpha value is -0.330. The smallest absolute Gasteiger partial charge is 0.303 e. The molecule has 1 rings (SSSR count). The van der Waals surface area contributed by atoms with Crippen LogP contribution < -0.4 is 0 Å². The van der Waals surface area contributed by atoms with E-state index in [1.807, 2.05) is 0 Å². The monoisotopic (exact) mass is 260 g/mol. The number of hydrogen-bond donors (Lipinski definition) is 6. The summed E-state index contributed by atoms with van der Waals surface area (Å²) in [4.78, 5) is -3.46. The average molecular weight is 260 g/mol. The highest BCUT2D eigenvalue weighted by Crippen LogP contribution is 2.32. The van der Waals surface area contributed by atoms with Crippen molar-refractivity contribution >= 4 is 10.1 Å². The Balaban J connectivity index is 3.15. The van der Waals surface area contributed by atoms with E-state index < -0.39 is 46.3 Å². The van der Waals surface area contributed by atoms with Crippen LogP contribution in [-0.2, 0) is 14.9 Å². The van der Waals surface area contributed by atoms with Crippen molar-refractivity contribution in [2.24, 2.45) is 0 Å². The molecule has 0 aromatic carbocycles. The zero-order valence-electron chi connectivity index (χ0n) is 7.83. The third kappa shape index (κ3) is 1.83. The van der Waals surface area contributed by atoms with Crippen LogP contribution in [0.15, 0.2) is 0 Å². The highest BCUT2D eigenvalue weighted by atomic mass is 32.2. The summed E-state index contributed by atoms with van der Waals surface area (Å²) in [7, 11) is -5.30. The maximum atomic E-state index is 10.8. The van der Waals surface area contributed by atoms with E-state index in [1.54, 1.807) is 0 Å². The molecular weight excluding hydrogens is 248 g/mol. The molecule has 0 unspecified atom stereocenters. The van der Waals surface area contributed by atoms with Crippen LogP contribution in [0, 0.1) is 0 Å². The van der Waals surface area contributed by atoms with Crippen LogP contribution in [0.4, 0.5) is 0 Å².